The molecule has 0 aromatic heterocycles. The molecule has 0 saturated carbocycles. The standard InChI is InChI=1S/C23H37NO5Si/c1-22(2,3)29-21(26)24-11-10-16-13-19(20(25)27-7)18(12-17(16)14-24)15-28-30(8,9)23(4,5)6/h12-13H,10-11,14-15H2,1-9H3. The molecule has 1 aromatic carbocycles. The Morgan fingerprint density at radius 3 is 2.23 bits per heavy atom. The monoisotopic (exact) mass is 435 g/mol. The molecule has 6 nitrogen and oxygen atoms in total. The zero-order valence-electron chi connectivity index (χ0n) is 20.0. The molecule has 168 valence electrons. The first-order valence-corrected chi connectivity index (χ1v) is 13.4. The van der Waals surface area contributed by atoms with Gasteiger partial charge in [-0.25, -0.2) is 9.59 Å². The van der Waals surface area contributed by atoms with E-state index in [4.69, 9.17) is 13.9 Å². The zero-order valence-corrected chi connectivity index (χ0v) is 21.0. The lowest BCUT2D eigenvalue weighted by Crippen LogP contribution is -2.41. The van der Waals surface area contributed by atoms with E-state index in [1.54, 1.807) is 4.90 Å². The van der Waals surface area contributed by atoms with Crippen molar-refractivity contribution in [2.45, 2.75) is 84.8 Å². The highest BCUT2D eigenvalue weighted by atomic mass is 28.4. The van der Waals surface area contributed by atoms with E-state index in [9.17, 15) is 9.59 Å². The van der Waals surface area contributed by atoms with Gasteiger partial charge in [-0.2, -0.15) is 0 Å². The fourth-order valence-corrected chi connectivity index (χ4v) is 3.99. The van der Waals surface area contributed by atoms with Gasteiger partial charge in [0.15, 0.2) is 8.32 Å². The van der Waals surface area contributed by atoms with Crippen LogP contribution in [0, 0.1) is 0 Å². The van der Waals surface area contributed by atoms with Gasteiger partial charge in [0.2, 0.25) is 0 Å². The summed E-state index contributed by atoms with van der Waals surface area (Å²) in [5.41, 5.74) is 2.89. The summed E-state index contributed by atoms with van der Waals surface area (Å²) in [6, 6.07) is 3.89. The Kier molecular flexibility index (Phi) is 7.09. The fourth-order valence-electron chi connectivity index (χ4n) is 3.04. The molecule has 2 rings (SSSR count). The van der Waals surface area contributed by atoms with Crippen molar-refractivity contribution in [3.63, 3.8) is 0 Å². The van der Waals surface area contributed by atoms with Crippen LogP contribution >= 0.6 is 0 Å². The van der Waals surface area contributed by atoms with E-state index in [0.717, 1.165) is 16.7 Å². The Morgan fingerprint density at radius 2 is 1.70 bits per heavy atom. The number of hydrogen-bond acceptors (Lipinski definition) is 5. The molecule has 1 aromatic rings. The van der Waals surface area contributed by atoms with E-state index in [1.807, 2.05) is 32.9 Å². The van der Waals surface area contributed by atoms with Crippen LogP contribution in [0.4, 0.5) is 4.79 Å². The lowest BCUT2D eigenvalue weighted by Gasteiger charge is -2.36. The van der Waals surface area contributed by atoms with Crippen LogP contribution in [0.3, 0.4) is 0 Å². The normalized spacial score (nSPS) is 14.9. The number of hydrogen-bond donors (Lipinski definition) is 0. The summed E-state index contributed by atoms with van der Waals surface area (Å²) < 4.78 is 16.9. The van der Waals surface area contributed by atoms with Gasteiger partial charge in [0.05, 0.1) is 19.3 Å². The number of ether oxygens (including phenoxy) is 2. The summed E-state index contributed by atoms with van der Waals surface area (Å²) in [5.74, 6) is -0.360. The van der Waals surface area contributed by atoms with Gasteiger partial charge in [0.1, 0.15) is 5.60 Å². The molecule has 30 heavy (non-hydrogen) atoms. The topological polar surface area (TPSA) is 65.1 Å². The van der Waals surface area contributed by atoms with Crippen LogP contribution in [0.1, 0.15) is 68.6 Å². The average Bonchev–Trinajstić information content (AvgIpc) is 2.62. The summed E-state index contributed by atoms with van der Waals surface area (Å²) in [4.78, 5) is 26.6. The summed E-state index contributed by atoms with van der Waals surface area (Å²) in [6.07, 6.45) is 0.353. The lowest BCUT2D eigenvalue weighted by molar-refractivity contribution is 0.0223. The van der Waals surface area contributed by atoms with Gasteiger partial charge in [-0.3, -0.25) is 0 Å². The zero-order chi connectivity index (χ0) is 22.9. The van der Waals surface area contributed by atoms with E-state index in [0.29, 0.717) is 31.7 Å². The fraction of sp³-hybridized carbons (Fsp3) is 0.652. The molecule has 0 atom stereocenters. The quantitative estimate of drug-likeness (QED) is 0.475. The number of esters is 1. The third-order valence-electron chi connectivity index (χ3n) is 5.89. The van der Waals surface area contributed by atoms with Crippen LogP contribution in [-0.2, 0) is 33.5 Å². The molecule has 0 fully saturated rings. The van der Waals surface area contributed by atoms with Gasteiger partial charge in [-0.15, -0.1) is 0 Å². The Hall–Kier alpha value is -1.86. The number of fused-ring (bicyclic) bond motifs is 1. The van der Waals surface area contributed by atoms with E-state index in [1.165, 1.54) is 7.11 Å². The van der Waals surface area contributed by atoms with E-state index >= 15 is 0 Å². The number of amides is 1. The molecule has 1 aliphatic heterocycles. The third-order valence-corrected chi connectivity index (χ3v) is 10.4. The molecule has 1 amide bonds. The second kappa shape index (κ2) is 8.71. The minimum atomic E-state index is -1.99. The first-order chi connectivity index (χ1) is 13.6. The van der Waals surface area contributed by atoms with E-state index < -0.39 is 13.9 Å². The number of carbonyl (C=O) groups excluding carboxylic acids is 2. The van der Waals surface area contributed by atoms with Gasteiger partial charge in [-0.05, 0) is 68.1 Å². The number of nitrogens with zero attached hydrogens (tertiary/aromatic N) is 1. The number of carbonyl (C=O) groups is 2. The maximum atomic E-state index is 12.5. The Morgan fingerprint density at radius 1 is 1.07 bits per heavy atom. The van der Waals surface area contributed by atoms with E-state index in [2.05, 4.69) is 33.9 Å². The third kappa shape index (κ3) is 5.85. The lowest BCUT2D eigenvalue weighted by atomic mass is 9.94. The molecule has 0 radical (unpaired) electrons. The molecule has 0 bridgehead atoms. The average molecular weight is 436 g/mol. The molecule has 0 N–H and O–H groups in total. The van der Waals surface area contributed by atoms with Crippen molar-refractivity contribution in [2.24, 2.45) is 0 Å². The van der Waals surface area contributed by atoms with Crippen molar-refractivity contribution < 1.29 is 23.5 Å². The summed E-state index contributed by atoms with van der Waals surface area (Å²) in [7, 11) is -0.593. The SMILES string of the molecule is COC(=O)c1cc2c(cc1CO[Si](C)(C)C(C)(C)C)CN(C(=O)OC(C)(C)C)CC2. The van der Waals surface area contributed by atoms with Crippen LogP contribution in [0.5, 0.6) is 0 Å². The molecular weight excluding hydrogens is 398 g/mol. The second-order valence-electron chi connectivity index (χ2n) is 10.5. The molecule has 1 aliphatic rings. The van der Waals surface area contributed by atoms with Crippen molar-refractivity contribution in [1.29, 1.82) is 0 Å². The predicted octanol–water partition coefficient (Wildman–Crippen LogP) is 5.29. The highest BCUT2D eigenvalue weighted by Gasteiger charge is 2.37. The predicted molar refractivity (Wildman–Crippen MR) is 120 cm³/mol. The van der Waals surface area contributed by atoms with Gasteiger partial charge >= 0.3 is 12.1 Å². The maximum Gasteiger partial charge on any atom is 0.410 e. The van der Waals surface area contributed by atoms with Gasteiger partial charge in [0, 0.05) is 13.1 Å². The van der Waals surface area contributed by atoms with Gasteiger partial charge in [0.25, 0.3) is 0 Å². The highest BCUT2D eigenvalue weighted by Crippen LogP contribution is 2.37. The van der Waals surface area contributed by atoms with Crippen LogP contribution in [0.2, 0.25) is 18.1 Å². The number of rotatable bonds is 4. The first-order valence-electron chi connectivity index (χ1n) is 10.5. The molecule has 1 heterocycles. The van der Waals surface area contributed by atoms with Gasteiger partial charge in [-0.1, -0.05) is 26.8 Å². The molecular formula is C23H37NO5Si. The molecule has 0 spiro atoms. The Bertz CT molecular complexity index is 805. The summed E-state index contributed by atoms with van der Waals surface area (Å²) >= 11 is 0. The summed E-state index contributed by atoms with van der Waals surface area (Å²) in [5, 5.41) is 0.0696. The summed E-state index contributed by atoms with van der Waals surface area (Å²) in [6.45, 7) is 17.9. The second-order valence-corrected chi connectivity index (χ2v) is 15.3. The number of benzene rings is 1. The largest absolute Gasteiger partial charge is 0.465 e. The molecule has 0 saturated heterocycles. The van der Waals surface area contributed by atoms with Crippen LogP contribution in [0.15, 0.2) is 12.1 Å². The molecule has 0 unspecified atom stereocenters. The van der Waals surface area contributed by atoms with Crippen molar-refractivity contribution >= 4 is 20.4 Å². The smallest absolute Gasteiger partial charge is 0.410 e. The van der Waals surface area contributed by atoms with Crippen molar-refractivity contribution in [1.82, 2.24) is 4.90 Å². The van der Waals surface area contributed by atoms with Crippen molar-refractivity contribution in [3.8, 4) is 0 Å². The number of methoxy groups -OCH3 is 1. The molecule has 7 heteroatoms. The molecule has 0 aliphatic carbocycles. The van der Waals surface area contributed by atoms with Gasteiger partial charge < -0.3 is 18.8 Å². The minimum absolute atomic E-state index is 0.0696. The highest BCUT2D eigenvalue weighted by molar-refractivity contribution is 6.74. The minimum Gasteiger partial charge on any atom is -0.465 e. The Balaban J connectivity index is 2.31. The first kappa shape index (κ1) is 24.4. The van der Waals surface area contributed by atoms with Crippen LogP contribution in [-0.4, -0.2) is 44.5 Å². The van der Waals surface area contributed by atoms with Crippen molar-refractivity contribution in [3.05, 3.63) is 34.4 Å². The maximum absolute atomic E-state index is 12.5. The van der Waals surface area contributed by atoms with Crippen LogP contribution in [0.25, 0.3) is 0 Å². The van der Waals surface area contributed by atoms with E-state index in [-0.39, 0.29) is 17.1 Å². The van der Waals surface area contributed by atoms with Crippen LogP contribution < -0.4 is 0 Å². The van der Waals surface area contributed by atoms with Crippen molar-refractivity contribution in [2.75, 3.05) is 13.7 Å². The Labute approximate surface area is 182 Å².